The van der Waals surface area contributed by atoms with Crippen molar-refractivity contribution in [1.29, 1.82) is 0 Å². The molecule has 1 N–H and O–H groups in total. The van der Waals surface area contributed by atoms with Crippen molar-refractivity contribution in [3.63, 3.8) is 0 Å². The van der Waals surface area contributed by atoms with Gasteiger partial charge in [-0.05, 0) is 72.9 Å². The van der Waals surface area contributed by atoms with Crippen LogP contribution in [0.1, 0.15) is 56.9 Å². The minimum atomic E-state index is -0.819. The van der Waals surface area contributed by atoms with E-state index in [4.69, 9.17) is 0 Å². The molecule has 2 atom stereocenters. The molecule has 0 radical (unpaired) electrons. The normalized spacial score (nSPS) is 23.4. The van der Waals surface area contributed by atoms with E-state index in [9.17, 15) is 19.1 Å². The van der Waals surface area contributed by atoms with Gasteiger partial charge in [-0.3, -0.25) is 9.59 Å². The molecular weight excluding hydrogens is 445 g/mol. The first-order valence-electron chi connectivity index (χ1n) is 12.3. The minimum Gasteiger partial charge on any atom is -0.481 e. The van der Waals surface area contributed by atoms with Gasteiger partial charge in [-0.15, -0.1) is 0 Å². The SMILES string of the molecule is CC1(C)[C@@H](CC(=O)N2CCc3c(n(Cc4ccc(F)cc4)c4ncccc34)C2)CC[C@@]1(C)C(=O)O. The van der Waals surface area contributed by atoms with Gasteiger partial charge in [0.05, 0.1) is 12.0 Å². The molecule has 1 aromatic carbocycles. The minimum absolute atomic E-state index is 0.0317. The van der Waals surface area contributed by atoms with E-state index in [1.807, 2.05) is 31.7 Å². The molecule has 35 heavy (non-hydrogen) atoms. The molecule has 6 nitrogen and oxygen atoms in total. The molecule has 2 aromatic heterocycles. The summed E-state index contributed by atoms with van der Waals surface area (Å²) in [5.41, 5.74) is 2.87. The number of aromatic nitrogens is 2. The fourth-order valence-corrected chi connectivity index (χ4v) is 6.09. The summed E-state index contributed by atoms with van der Waals surface area (Å²) in [6.45, 7) is 7.49. The molecule has 0 bridgehead atoms. The molecule has 1 aliphatic carbocycles. The van der Waals surface area contributed by atoms with E-state index in [1.165, 1.54) is 17.7 Å². The first-order valence-corrected chi connectivity index (χ1v) is 12.3. The largest absolute Gasteiger partial charge is 0.481 e. The maximum absolute atomic E-state index is 13.5. The Bertz CT molecular complexity index is 1300. The van der Waals surface area contributed by atoms with Gasteiger partial charge in [-0.25, -0.2) is 9.37 Å². The van der Waals surface area contributed by atoms with Gasteiger partial charge >= 0.3 is 5.97 Å². The zero-order valence-electron chi connectivity index (χ0n) is 20.6. The van der Waals surface area contributed by atoms with Gasteiger partial charge in [0, 0.05) is 36.8 Å². The van der Waals surface area contributed by atoms with Gasteiger partial charge in [-0.1, -0.05) is 26.0 Å². The van der Waals surface area contributed by atoms with Gasteiger partial charge in [0.25, 0.3) is 0 Å². The Labute approximate surface area is 204 Å². The van der Waals surface area contributed by atoms with E-state index in [0.717, 1.165) is 35.1 Å². The van der Waals surface area contributed by atoms with E-state index in [1.54, 1.807) is 18.3 Å². The molecule has 1 saturated carbocycles. The number of amides is 1. The average molecular weight is 478 g/mol. The Hall–Kier alpha value is -3.22. The molecule has 3 heterocycles. The number of nitrogens with zero attached hydrogens (tertiary/aromatic N) is 3. The lowest BCUT2D eigenvalue weighted by atomic mass is 9.65. The second kappa shape index (κ2) is 8.47. The number of carbonyl (C=O) groups is 2. The van der Waals surface area contributed by atoms with Crippen molar-refractivity contribution in [1.82, 2.24) is 14.5 Å². The Balaban J connectivity index is 1.41. The van der Waals surface area contributed by atoms with Crippen molar-refractivity contribution >= 4 is 22.9 Å². The lowest BCUT2D eigenvalue weighted by molar-refractivity contribution is -0.155. The van der Waals surface area contributed by atoms with Gasteiger partial charge in [-0.2, -0.15) is 0 Å². The van der Waals surface area contributed by atoms with Crippen molar-refractivity contribution in [2.45, 2.75) is 59.5 Å². The van der Waals surface area contributed by atoms with Crippen LogP contribution in [0.3, 0.4) is 0 Å². The lowest BCUT2D eigenvalue weighted by Crippen LogP contribution is -2.43. The van der Waals surface area contributed by atoms with Crippen molar-refractivity contribution in [3.8, 4) is 0 Å². The summed E-state index contributed by atoms with van der Waals surface area (Å²) in [5, 5.41) is 10.9. The van der Waals surface area contributed by atoms with Crippen molar-refractivity contribution in [2.24, 2.45) is 16.7 Å². The predicted molar refractivity (Wildman–Crippen MR) is 131 cm³/mol. The topological polar surface area (TPSA) is 75.4 Å². The summed E-state index contributed by atoms with van der Waals surface area (Å²) in [4.78, 5) is 32.0. The first-order chi connectivity index (χ1) is 16.6. The molecule has 184 valence electrons. The van der Waals surface area contributed by atoms with Crippen molar-refractivity contribution < 1.29 is 19.1 Å². The highest BCUT2D eigenvalue weighted by atomic mass is 19.1. The van der Waals surface area contributed by atoms with Gasteiger partial charge in [0.1, 0.15) is 11.5 Å². The lowest BCUT2D eigenvalue weighted by Gasteiger charge is -2.39. The molecule has 0 spiro atoms. The molecule has 0 saturated heterocycles. The van der Waals surface area contributed by atoms with E-state index >= 15 is 0 Å². The van der Waals surface area contributed by atoms with Crippen LogP contribution in [0.4, 0.5) is 4.39 Å². The highest BCUT2D eigenvalue weighted by molar-refractivity contribution is 5.84. The number of hydrogen-bond acceptors (Lipinski definition) is 3. The fourth-order valence-electron chi connectivity index (χ4n) is 6.09. The standard InChI is InChI=1S/C28H32FN3O3/c1-27(2)19(10-12-28(27,3)26(34)35)15-24(33)31-14-11-21-22-5-4-13-30-25(22)32(23(21)17-31)16-18-6-8-20(29)9-7-18/h4-9,13,19H,10-12,14-17H2,1-3H3,(H,34,35)/t19-,28+/m1/s1. The highest BCUT2D eigenvalue weighted by Gasteiger charge is 2.56. The Morgan fingerprint density at radius 1 is 1.17 bits per heavy atom. The van der Waals surface area contributed by atoms with Crippen LogP contribution in [0.25, 0.3) is 11.0 Å². The second-order valence-electron chi connectivity index (χ2n) is 10.9. The number of carbonyl (C=O) groups excluding carboxylic acids is 1. The quantitative estimate of drug-likeness (QED) is 0.560. The van der Waals surface area contributed by atoms with Crippen LogP contribution in [-0.2, 0) is 29.1 Å². The molecule has 1 aliphatic heterocycles. The molecule has 5 rings (SSSR count). The van der Waals surface area contributed by atoms with Crippen LogP contribution in [0.5, 0.6) is 0 Å². The number of rotatable bonds is 5. The number of pyridine rings is 1. The molecule has 7 heteroatoms. The van der Waals surface area contributed by atoms with Crippen LogP contribution >= 0.6 is 0 Å². The zero-order valence-corrected chi connectivity index (χ0v) is 20.6. The Kier molecular flexibility index (Phi) is 5.69. The average Bonchev–Trinajstić information content (AvgIpc) is 3.27. The van der Waals surface area contributed by atoms with E-state index in [-0.39, 0.29) is 17.6 Å². The third-order valence-corrected chi connectivity index (χ3v) is 8.95. The van der Waals surface area contributed by atoms with Crippen LogP contribution < -0.4 is 0 Å². The van der Waals surface area contributed by atoms with Crippen molar-refractivity contribution in [3.05, 3.63) is 65.2 Å². The van der Waals surface area contributed by atoms with Crippen LogP contribution in [-0.4, -0.2) is 38.0 Å². The Morgan fingerprint density at radius 3 is 2.60 bits per heavy atom. The van der Waals surface area contributed by atoms with E-state index in [0.29, 0.717) is 32.5 Å². The summed E-state index contributed by atoms with van der Waals surface area (Å²) >= 11 is 0. The smallest absolute Gasteiger partial charge is 0.309 e. The number of fused-ring (bicyclic) bond motifs is 3. The summed E-state index contributed by atoms with van der Waals surface area (Å²) in [5.74, 6) is -0.936. The van der Waals surface area contributed by atoms with Crippen molar-refractivity contribution in [2.75, 3.05) is 6.54 Å². The van der Waals surface area contributed by atoms with E-state index in [2.05, 4.69) is 15.6 Å². The molecule has 1 fully saturated rings. The van der Waals surface area contributed by atoms with Gasteiger partial charge < -0.3 is 14.6 Å². The highest BCUT2D eigenvalue weighted by Crippen LogP contribution is 2.57. The van der Waals surface area contributed by atoms with Crippen LogP contribution in [0.15, 0.2) is 42.6 Å². The summed E-state index contributed by atoms with van der Waals surface area (Å²) in [6.07, 6.45) is 4.23. The molecular formula is C28H32FN3O3. The van der Waals surface area contributed by atoms with Crippen LogP contribution in [0.2, 0.25) is 0 Å². The number of benzene rings is 1. The maximum Gasteiger partial charge on any atom is 0.309 e. The second-order valence-corrected chi connectivity index (χ2v) is 10.9. The molecule has 1 amide bonds. The number of aliphatic carboxylic acids is 1. The van der Waals surface area contributed by atoms with Gasteiger partial charge in [0.2, 0.25) is 5.91 Å². The van der Waals surface area contributed by atoms with E-state index < -0.39 is 16.8 Å². The number of carboxylic acid groups (broad SMARTS) is 1. The maximum atomic E-state index is 13.5. The zero-order chi connectivity index (χ0) is 25.0. The summed E-state index contributed by atoms with van der Waals surface area (Å²) in [6, 6.07) is 10.5. The van der Waals surface area contributed by atoms with Gasteiger partial charge in [0.15, 0.2) is 0 Å². The molecule has 2 aliphatic rings. The number of halogens is 1. The van der Waals surface area contributed by atoms with Crippen LogP contribution in [0, 0.1) is 22.6 Å². The third-order valence-electron chi connectivity index (χ3n) is 8.95. The monoisotopic (exact) mass is 477 g/mol. The first kappa shape index (κ1) is 23.5. The number of hydrogen-bond donors (Lipinski definition) is 1. The third kappa shape index (κ3) is 3.81. The summed E-state index contributed by atoms with van der Waals surface area (Å²) < 4.78 is 15.6. The molecule has 0 unspecified atom stereocenters. The predicted octanol–water partition coefficient (Wildman–Crippen LogP) is 5.03. The summed E-state index contributed by atoms with van der Waals surface area (Å²) in [7, 11) is 0. The number of carboxylic acids is 1. The Morgan fingerprint density at radius 2 is 1.91 bits per heavy atom. The fraction of sp³-hybridized carbons (Fsp3) is 0.464. The molecule has 3 aromatic rings.